The van der Waals surface area contributed by atoms with Crippen molar-refractivity contribution < 1.29 is 23.9 Å². The zero-order chi connectivity index (χ0) is 22.7. The highest BCUT2D eigenvalue weighted by Gasteiger charge is 2.27. The van der Waals surface area contributed by atoms with E-state index in [0.717, 1.165) is 0 Å². The van der Waals surface area contributed by atoms with Crippen molar-refractivity contribution in [3.8, 4) is 11.5 Å². The number of nitrogens with zero attached hydrogens (tertiary/aromatic N) is 3. The summed E-state index contributed by atoms with van der Waals surface area (Å²) in [7, 11) is 0. The second kappa shape index (κ2) is 9.21. The molecule has 2 aliphatic heterocycles. The zero-order valence-electron chi connectivity index (χ0n) is 18.0. The summed E-state index contributed by atoms with van der Waals surface area (Å²) in [6, 6.07) is 5.04. The monoisotopic (exact) mass is 439 g/mol. The van der Waals surface area contributed by atoms with E-state index in [9.17, 15) is 14.4 Å². The van der Waals surface area contributed by atoms with Gasteiger partial charge in [-0.1, -0.05) is 13.8 Å². The Morgan fingerprint density at radius 2 is 1.78 bits per heavy atom. The van der Waals surface area contributed by atoms with Gasteiger partial charge in [0.05, 0.1) is 0 Å². The molecule has 10 nitrogen and oxygen atoms in total. The molecule has 32 heavy (non-hydrogen) atoms. The number of hydrogen-bond donors (Lipinski definition) is 2. The predicted octanol–water partition coefficient (Wildman–Crippen LogP) is 1.83. The number of aromatic nitrogens is 2. The lowest BCUT2D eigenvalue weighted by molar-refractivity contribution is -0.118. The van der Waals surface area contributed by atoms with E-state index in [1.165, 1.54) is 12.4 Å². The third kappa shape index (κ3) is 4.63. The fourth-order valence-corrected chi connectivity index (χ4v) is 3.55. The summed E-state index contributed by atoms with van der Waals surface area (Å²) in [4.78, 5) is 47.5. The average molecular weight is 439 g/mol. The van der Waals surface area contributed by atoms with Crippen molar-refractivity contribution in [1.82, 2.24) is 20.2 Å². The standard InChI is InChI=1S/C22H25N5O5/c1-13(2)20(28)26-19-18(23-7-8-24-19)21(29)25-15-5-9-27(10-6-15)22(30)14-3-4-16-17(11-14)32-12-31-16/h3-4,7-8,11,13,15H,5-6,9-10,12H2,1-2H3,(H,25,29)(H,24,26,28). The van der Waals surface area contributed by atoms with E-state index < -0.39 is 5.91 Å². The largest absolute Gasteiger partial charge is 0.454 e. The first-order valence-corrected chi connectivity index (χ1v) is 10.5. The topological polar surface area (TPSA) is 123 Å². The molecule has 0 radical (unpaired) electrons. The Hall–Kier alpha value is -3.69. The molecule has 0 bridgehead atoms. The van der Waals surface area contributed by atoms with Crippen molar-refractivity contribution in [1.29, 1.82) is 0 Å². The summed E-state index contributed by atoms with van der Waals surface area (Å²) < 4.78 is 10.6. The third-order valence-corrected chi connectivity index (χ3v) is 5.42. The molecule has 3 amide bonds. The van der Waals surface area contributed by atoms with Gasteiger partial charge in [-0.15, -0.1) is 0 Å². The Labute approximate surface area is 185 Å². The molecule has 0 aliphatic carbocycles. The Balaban J connectivity index is 1.34. The van der Waals surface area contributed by atoms with Gasteiger partial charge in [0.25, 0.3) is 11.8 Å². The van der Waals surface area contributed by atoms with Gasteiger partial charge in [-0.25, -0.2) is 9.97 Å². The van der Waals surface area contributed by atoms with Gasteiger partial charge >= 0.3 is 0 Å². The van der Waals surface area contributed by atoms with Gasteiger partial charge in [-0.2, -0.15) is 0 Å². The van der Waals surface area contributed by atoms with Crippen molar-refractivity contribution in [3.05, 3.63) is 41.9 Å². The van der Waals surface area contributed by atoms with Gasteiger partial charge in [-0.3, -0.25) is 14.4 Å². The molecule has 1 saturated heterocycles. The molecule has 0 saturated carbocycles. The van der Waals surface area contributed by atoms with Crippen LogP contribution < -0.4 is 20.1 Å². The number of likely N-dealkylation sites (tertiary alicyclic amines) is 1. The lowest BCUT2D eigenvalue weighted by atomic mass is 10.0. The molecule has 1 aromatic heterocycles. The van der Waals surface area contributed by atoms with Crippen LogP contribution in [-0.4, -0.2) is 58.5 Å². The summed E-state index contributed by atoms with van der Waals surface area (Å²) in [6.45, 7) is 4.69. The molecule has 0 unspecified atom stereocenters. The van der Waals surface area contributed by atoms with Gasteiger partial charge in [-0.05, 0) is 31.0 Å². The number of hydrogen-bond acceptors (Lipinski definition) is 7. The normalized spacial score (nSPS) is 15.5. The second-order valence-electron chi connectivity index (χ2n) is 8.01. The fourth-order valence-electron chi connectivity index (χ4n) is 3.55. The van der Waals surface area contributed by atoms with Crippen LogP contribution in [-0.2, 0) is 4.79 Å². The lowest BCUT2D eigenvalue weighted by Gasteiger charge is -2.32. The van der Waals surface area contributed by atoms with E-state index >= 15 is 0 Å². The number of piperidine rings is 1. The number of ether oxygens (including phenoxy) is 2. The fraction of sp³-hybridized carbons (Fsp3) is 0.409. The van der Waals surface area contributed by atoms with Gasteiger partial charge in [0.1, 0.15) is 0 Å². The van der Waals surface area contributed by atoms with Crippen LogP contribution in [0.3, 0.4) is 0 Å². The molecule has 1 fully saturated rings. The molecule has 0 atom stereocenters. The van der Waals surface area contributed by atoms with Crippen molar-refractivity contribution in [2.24, 2.45) is 5.92 Å². The van der Waals surface area contributed by atoms with E-state index in [4.69, 9.17) is 9.47 Å². The van der Waals surface area contributed by atoms with E-state index in [0.29, 0.717) is 43.0 Å². The van der Waals surface area contributed by atoms with Crippen LogP contribution >= 0.6 is 0 Å². The van der Waals surface area contributed by atoms with Crippen LogP contribution in [0.25, 0.3) is 0 Å². The van der Waals surface area contributed by atoms with Crippen molar-refractivity contribution in [2.75, 3.05) is 25.2 Å². The minimum Gasteiger partial charge on any atom is -0.454 e. The number of nitrogens with one attached hydrogen (secondary N) is 2. The van der Waals surface area contributed by atoms with Crippen molar-refractivity contribution in [2.45, 2.75) is 32.7 Å². The first-order valence-electron chi connectivity index (χ1n) is 10.5. The molecule has 4 rings (SSSR count). The van der Waals surface area contributed by atoms with Crippen LogP contribution in [0.1, 0.15) is 47.5 Å². The molecule has 3 heterocycles. The Bertz CT molecular complexity index is 1030. The van der Waals surface area contributed by atoms with E-state index in [-0.39, 0.29) is 42.1 Å². The number of fused-ring (bicyclic) bond motifs is 1. The molecule has 2 N–H and O–H groups in total. The Morgan fingerprint density at radius 3 is 2.53 bits per heavy atom. The Kier molecular flexibility index (Phi) is 6.20. The van der Waals surface area contributed by atoms with Gasteiger partial charge in [0.15, 0.2) is 23.0 Å². The maximum atomic E-state index is 12.8. The van der Waals surface area contributed by atoms with Gasteiger partial charge in [0.2, 0.25) is 12.7 Å². The van der Waals surface area contributed by atoms with E-state index in [2.05, 4.69) is 20.6 Å². The summed E-state index contributed by atoms with van der Waals surface area (Å²) in [5.41, 5.74) is 0.613. The smallest absolute Gasteiger partial charge is 0.273 e. The highest BCUT2D eigenvalue weighted by molar-refractivity contribution is 6.01. The molecular formula is C22H25N5O5. The first kappa shape index (κ1) is 21.5. The summed E-state index contributed by atoms with van der Waals surface area (Å²) >= 11 is 0. The highest BCUT2D eigenvalue weighted by atomic mass is 16.7. The van der Waals surface area contributed by atoms with Crippen LogP contribution in [0.15, 0.2) is 30.6 Å². The van der Waals surface area contributed by atoms with Crippen LogP contribution in [0.4, 0.5) is 5.82 Å². The van der Waals surface area contributed by atoms with Gasteiger partial charge < -0.3 is 25.0 Å². The minimum absolute atomic E-state index is 0.0698. The first-order chi connectivity index (χ1) is 15.4. The van der Waals surface area contributed by atoms with Crippen LogP contribution in [0.5, 0.6) is 11.5 Å². The molecule has 10 heteroatoms. The number of carbonyl (C=O) groups is 3. The number of benzene rings is 1. The lowest BCUT2D eigenvalue weighted by Crippen LogP contribution is -2.46. The number of amides is 3. The number of carbonyl (C=O) groups excluding carboxylic acids is 3. The zero-order valence-corrected chi connectivity index (χ0v) is 18.0. The molecule has 2 aliphatic rings. The minimum atomic E-state index is -0.405. The second-order valence-corrected chi connectivity index (χ2v) is 8.01. The van der Waals surface area contributed by atoms with E-state index in [1.54, 1.807) is 36.9 Å². The molecule has 0 spiro atoms. The maximum absolute atomic E-state index is 12.8. The van der Waals surface area contributed by atoms with Crippen molar-refractivity contribution >= 4 is 23.5 Å². The Morgan fingerprint density at radius 1 is 1.06 bits per heavy atom. The van der Waals surface area contributed by atoms with E-state index in [1.807, 2.05) is 0 Å². The number of anilines is 1. The summed E-state index contributed by atoms with van der Waals surface area (Å²) in [5.74, 6) is 0.366. The predicted molar refractivity (Wildman–Crippen MR) is 114 cm³/mol. The maximum Gasteiger partial charge on any atom is 0.273 e. The molecule has 1 aromatic carbocycles. The number of rotatable bonds is 5. The molecular weight excluding hydrogens is 414 g/mol. The highest BCUT2D eigenvalue weighted by Crippen LogP contribution is 2.33. The molecule has 2 aromatic rings. The van der Waals surface area contributed by atoms with Gasteiger partial charge in [0, 0.05) is 43.0 Å². The van der Waals surface area contributed by atoms with Crippen LogP contribution in [0.2, 0.25) is 0 Å². The molecule has 168 valence electrons. The average Bonchev–Trinajstić information content (AvgIpc) is 3.27. The van der Waals surface area contributed by atoms with Crippen molar-refractivity contribution in [3.63, 3.8) is 0 Å². The summed E-state index contributed by atoms with van der Waals surface area (Å²) in [6.07, 6.45) is 4.05. The quantitative estimate of drug-likeness (QED) is 0.729. The SMILES string of the molecule is CC(C)C(=O)Nc1nccnc1C(=O)NC1CCN(C(=O)c2ccc3c(c2)OCO3)CC1. The summed E-state index contributed by atoms with van der Waals surface area (Å²) in [5, 5.41) is 5.58. The third-order valence-electron chi connectivity index (χ3n) is 5.42. The van der Waals surface area contributed by atoms with Crippen LogP contribution in [0, 0.1) is 5.92 Å².